The maximum Gasteiger partial charge on any atom is 0.159 e. The smallest absolute Gasteiger partial charge is 0.159 e. The number of fused-ring (bicyclic) bond motifs is 1. The third-order valence-corrected chi connectivity index (χ3v) is 4.56. The third-order valence-electron chi connectivity index (χ3n) is 4.56. The summed E-state index contributed by atoms with van der Waals surface area (Å²) in [5.41, 5.74) is 3.80. The number of carbonyl (C=O) groups excluding carboxylic acids is 1. The minimum absolute atomic E-state index is 0.366. The van der Waals surface area contributed by atoms with Gasteiger partial charge in [-0.05, 0) is 55.6 Å². The molecular weight excluding hydrogens is 196 g/mol. The van der Waals surface area contributed by atoms with Crippen molar-refractivity contribution in [1.29, 1.82) is 0 Å². The Bertz CT molecular complexity index is 373. The zero-order chi connectivity index (χ0) is 11.9. The zero-order valence-corrected chi connectivity index (χ0v) is 10.8. The van der Waals surface area contributed by atoms with E-state index in [9.17, 15) is 4.79 Å². The van der Waals surface area contributed by atoms with Crippen LogP contribution in [0.25, 0.3) is 0 Å². The van der Waals surface area contributed by atoms with Crippen LogP contribution in [0.3, 0.4) is 0 Å². The van der Waals surface area contributed by atoms with Crippen LogP contribution in [0.15, 0.2) is 22.8 Å². The first-order chi connectivity index (χ1) is 7.50. The molecular formula is C15H22O. The third kappa shape index (κ3) is 1.88. The Morgan fingerprint density at radius 3 is 2.56 bits per heavy atom. The number of hydrogen-bond donors (Lipinski definition) is 0. The Labute approximate surface area is 98.6 Å². The minimum atomic E-state index is 0.366. The van der Waals surface area contributed by atoms with Crippen LogP contribution in [0.4, 0.5) is 0 Å². The molecule has 0 unspecified atom stereocenters. The van der Waals surface area contributed by atoms with Crippen molar-refractivity contribution in [2.45, 2.75) is 47.0 Å². The van der Waals surface area contributed by atoms with Gasteiger partial charge in [0.15, 0.2) is 5.78 Å². The van der Waals surface area contributed by atoms with Gasteiger partial charge in [-0.15, -0.1) is 0 Å². The van der Waals surface area contributed by atoms with E-state index in [4.69, 9.17) is 0 Å². The molecule has 0 N–H and O–H groups in total. The largest absolute Gasteiger partial charge is 0.295 e. The lowest BCUT2D eigenvalue weighted by atomic mass is 9.78. The van der Waals surface area contributed by atoms with Crippen molar-refractivity contribution in [3.63, 3.8) is 0 Å². The first-order valence-electron chi connectivity index (χ1n) is 6.43. The highest BCUT2D eigenvalue weighted by molar-refractivity contribution is 5.99. The summed E-state index contributed by atoms with van der Waals surface area (Å²) in [6.07, 6.45) is 5.56. The standard InChI is InChI=1S/C15H22O/c1-9-5-6-10(2)13-8-15(16)12(4)14(13)7-11(9)3/h7,9-10,13H,5-6,8H2,1-4H3/b11-7-/t9-,10-,13+/m0/s1. The fraction of sp³-hybridized carbons (Fsp3) is 0.667. The van der Waals surface area contributed by atoms with E-state index in [1.165, 1.54) is 24.0 Å². The van der Waals surface area contributed by atoms with Crippen LogP contribution >= 0.6 is 0 Å². The predicted molar refractivity (Wildman–Crippen MR) is 67.1 cm³/mol. The van der Waals surface area contributed by atoms with Gasteiger partial charge in [0.2, 0.25) is 0 Å². The number of carbonyl (C=O) groups is 1. The van der Waals surface area contributed by atoms with Gasteiger partial charge in [0.25, 0.3) is 0 Å². The average Bonchev–Trinajstić information content (AvgIpc) is 2.52. The molecule has 2 aliphatic rings. The van der Waals surface area contributed by atoms with E-state index in [0.29, 0.717) is 23.5 Å². The highest BCUT2D eigenvalue weighted by atomic mass is 16.1. The van der Waals surface area contributed by atoms with Gasteiger partial charge in [-0.1, -0.05) is 25.5 Å². The molecule has 0 radical (unpaired) electrons. The molecule has 3 atom stereocenters. The van der Waals surface area contributed by atoms with Gasteiger partial charge in [0, 0.05) is 6.42 Å². The van der Waals surface area contributed by atoms with E-state index in [2.05, 4.69) is 26.8 Å². The molecule has 0 spiro atoms. The van der Waals surface area contributed by atoms with Gasteiger partial charge < -0.3 is 0 Å². The number of Topliss-reactive ketones (excluding diaryl/α,β-unsaturated/α-hetero) is 1. The van der Waals surface area contributed by atoms with Crippen molar-refractivity contribution in [2.75, 3.05) is 0 Å². The molecule has 1 heteroatoms. The maximum atomic E-state index is 11.8. The lowest BCUT2D eigenvalue weighted by Gasteiger charge is -2.26. The van der Waals surface area contributed by atoms with Gasteiger partial charge in [-0.2, -0.15) is 0 Å². The van der Waals surface area contributed by atoms with Crippen molar-refractivity contribution in [1.82, 2.24) is 0 Å². The van der Waals surface area contributed by atoms with Crippen molar-refractivity contribution in [3.05, 3.63) is 22.8 Å². The molecule has 0 aromatic rings. The Morgan fingerprint density at radius 1 is 1.19 bits per heavy atom. The van der Waals surface area contributed by atoms with Crippen LogP contribution in [-0.4, -0.2) is 5.78 Å². The molecule has 88 valence electrons. The molecule has 0 saturated carbocycles. The Hall–Kier alpha value is -0.850. The summed E-state index contributed by atoms with van der Waals surface area (Å²) in [7, 11) is 0. The highest BCUT2D eigenvalue weighted by Gasteiger charge is 2.33. The highest BCUT2D eigenvalue weighted by Crippen LogP contribution is 2.40. The Morgan fingerprint density at radius 2 is 1.88 bits per heavy atom. The van der Waals surface area contributed by atoms with Gasteiger partial charge in [0.05, 0.1) is 0 Å². The summed E-state index contributed by atoms with van der Waals surface area (Å²) in [6.45, 7) is 8.81. The molecule has 0 bridgehead atoms. The number of ketones is 1. The monoisotopic (exact) mass is 218 g/mol. The molecule has 0 saturated heterocycles. The van der Waals surface area contributed by atoms with E-state index in [1.807, 2.05) is 6.92 Å². The molecule has 0 amide bonds. The number of allylic oxidation sites excluding steroid dienone is 4. The first-order valence-corrected chi connectivity index (χ1v) is 6.43. The lowest BCUT2D eigenvalue weighted by Crippen LogP contribution is -2.16. The Balaban J connectivity index is 2.43. The topological polar surface area (TPSA) is 17.1 Å². The van der Waals surface area contributed by atoms with E-state index < -0.39 is 0 Å². The molecule has 16 heavy (non-hydrogen) atoms. The second-order valence-corrected chi connectivity index (χ2v) is 5.66. The summed E-state index contributed by atoms with van der Waals surface area (Å²) >= 11 is 0. The maximum absolute atomic E-state index is 11.8. The number of hydrogen-bond acceptors (Lipinski definition) is 1. The van der Waals surface area contributed by atoms with E-state index in [-0.39, 0.29) is 0 Å². The van der Waals surface area contributed by atoms with Gasteiger partial charge in [-0.25, -0.2) is 0 Å². The number of rotatable bonds is 0. The summed E-state index contributed by atoms with van der Waals surface area (Å²) in [5, 5.41) is 0. The first kappa shape index (κ1) is 11.6. The summed E-state index contributed by atoms with van der Waals surface area (Å²) in [5.74, 6) is 2.18. The van der Waals surface area contributed by atoms with Crippen molar-refractivity contribution in [3.8, 4) is 0 Å². The molecule has 0 heterocycles. The lowest BCUT2D eigenvalue weighted by molar-refractivity contribution is -0.115. The van der Waals surface area contributed by atoms with Crippen LogP contribution in [0.2, 0.25) is 0 Å². The molecule has 2 rings (SSSR count). The molecule has 0 aromatic heterocycles. The SMILES string of the molecule is CC1=C2/C=C(/C)[C@@H](C)CC[C@H](C)[C@H]2CC1=O. The molecule has 0 fully saturated rings. The normalized spacial score (nSPS) is 38.9. The van der Waals surface area contributed by atoms with Crippen molar-refractivity contribution < 1.29 is 4.79 Å². The summed E-state index contributed by atoms with van der Waals surface area (Å²) < 4.78 is 0. The fourth-order valence-electron chi connectivity index (χ4n) is 2.95. The molecule has 1 nitrogen and oxygen atoms in total. The molecule has 0 aromatic carbocycles. The molecule has 0 aliphatic heterocycles. The van der Waals surface area contributed by atoms with Crippen LogP contribution in [0.5, 0.6) is 0 Å². The second kappa shape index (κ2) is 4.20. The van der Waals surface area contributed by atoms with Crippen molar-refractivity contribution >= 4 is 5.78 Å². The minimum Gasteiger partial charge on any atom is -0.295 e. The van der Waals surface area contributed by atoms with Crippen LogP contribution < -0.4 is 0 Å². The predicted octanol–water partition coefficient (Wildman–Crippen LogP) is 3.90. The van der Waals surface area contributed by atoms with Gasteiger partial charge in [-0.3, -0.25) is 4.79 Å². The van der Waals surface area contributed by atoms with Crippen LogP contribution in [0.1, 0.15) is 47.0 Å². The second-order valence-electron chi connectivity index (χ2n) is 5.66. The van der Waals surface area contributed by atoms with E-state index in [1.54, 1.807) is 0 Å². The van der Waals surface area contributed by atoms with Gasteiger partial charge >= 0.3 is 0 Å². The fourth-order valence-corrected chi connectivity index (χ4v) is 2.95. The molecule has 2 aliphatic carbocycles. The van der Waals surface area contributed by atoms with E-state index in [0.717, 1.165) is 12.0 Å². The quantitative estimate of drug-likeness (QED) is 0.602. The zero-order valence-electron chi connectivity index (χ0n) is 10.8. The Kier molecular flexibility index (Phi) is 3.05. The summed E-state index contributed by atoms with van der Waals surface area (Å²) in [6, 6.07) is 0. The average molecular weight is 218 g/mol. The van der Waals surface area contributed by atoms with Crippen molar-refractivity contribution in [2.24, 2.45) is 17.8 Å². The van der Waals surface area contributed by atoms with Gasteiger partial charge in [0.1, 0.15) is 0 Å². The summed E-state index contributed by atoms with van der Waals surface area (Å²) in [4.78, 5) is 11.8. The van der Waals surface area contributed by atoms with Crippen LogP contribution in [0, 0.1) is 17.8 Å². The van der Waals surface area contributed by atoms with E-state index >= 15 is 0 Å². The van der Waals surface area contributed by atoms with Crippen LogP contribution in [-0.2, 0) is 4.79 Å².